The molecule has 2 fully saturated rings. The van der Waals surface area contributed by atoms with Crippen molar-refractivity contribution in [1.82, 2.24) is 14.8 Å². The van der Waals surface area contributed by atoms with E-state index in [0.29, 0.717) is 6.54 Å². The van der Waals surface area contributed by atoms with E-state index in [0.717, 1.165) is 37.0 Å². The SMILES string of the molecule is O=C1NC2(CCCC2)C(=O)N1CCn1ccsc1=O. The largest absolute Gasteiger partial charge is 0.325 e. The Morgan fingerprint density at radius 1 is 1.21 bits per heavy atom. The zero-order valence-corrected chi connectivity index (χ0v) is 11.2. The topological polar surface area (TPSA) is 71.4 Å². The van der Waals surface area contributed by atoms with Crippen LogP contribution in [0.5, 0.6) is 0 Å². The van der Waals surface area contributed by atoms with Gasteiger partial charge >= 0.3 is 10.9 Å². The second kappa shape index (κ2) is 4.48. The number of thiazole rings is 1. The number of aromatic nitrogens is 1. The van der Waals surface area contributed by atoms with Crippen molar-refractivity contribution in [3.63, 3.8) is 0 Å². The summed E-state index contributed by atoms with van der Waals surface area (Å²) in [5.41, 5.74) is -0.656. The van der Waals surface area contributed by atoms with Crippen molar-refractivity contribution < 1.29 is 9.59 Å². The fourth-order valence-corrected chi connectivity index (χ4v) is 3.47. The highest BCUT2D eigenvalue weighted by molar-refractivity contribution is 7.07. The van der Waals surface area contributed by atoms with E-state index in [9.17, 15) is 14.4 Å². The lowest BCUT2D eigenvalue weighted by Crippen LogP contribution is -2.44. The molecule has 102 valence electrons. The maximum absolute atomic E-state index is 12.3. The molecule has 1 N–H and O–H groups in total. The number of urea groups is 1. The highest BCUT2D eigenvalue weighted by Crippen LogP contribution is 2.34. The summed E-state index contributed by atoms with van der Waals surface area (Å²) < 4.78 is 1.52. The lowest BCUT2D eigenvalue weighted by Gasteiger charge is -2.19. The first-order valence-corrected chi connectivity index (χ1v) is 7.28. The van der Waals surface area contributed by atoms with Crippen molar-refractivity contribution in [2.24, 2.45) is 0 Å². The van der Waals surface area contributed by atoms with Gasteiger partial charge in [-0.05, 0) is 12.8 Å². The van der Waals surface area contributed by atoms with E-state index in [2.05, 4.69) is 5.32 Å². The molecule has 0 radical (unpaired) electrons. The minimum Gasteiger partial charge on any atom is -0.323 e. The monoisotopic (exact) mass is 281 g/mol. The molecule has 2 heterocycles. The van der Waals surface area contributed by atoms with Gasteiger partial charge in [-0.1, -0.05) is 24.2 Å². The van der Waals surface area contributed by atoms with Gasteiger partial charge in [-0.15, -0.1) is 0 Å². The second-order valence-corrected chi connectivity index (χ2v) is 5.90. The predicted octanol–water partition coefficient (Wildman–Crippen LogP) is 0.774. The minimum atomic E-state index is -0.656. The molecule has 1 aromatic rings. The van der Waals surface area contributed by atoms with E-state index < -0.39 is 5.54 Å². The van der Waals surface area contributed by atoms with Crippen LogP contribution in [0.25, 0.3) is 0 Å². The number of imide groups is 1. The van der Waals surface area contributed by atoms with Crippen molar-refractivity contribution in [3.05, 3.63) is 21.2 Å². The standard InChI is InChI=1S/C12H15N3O3S/c16-9-12(3-1-2-4-12)13-10(17)15(9)6-5-14-7-8-19-11(14)18/h7-8H,1-6H2,(H,13,17). The van der Waals surface area contributed by atoms with Crippen LogP contribution in [0.4, 0.5) is 4.79 Å². The highest BCUT2D eigenvalue weighted by atomic mass is 32.1. The molecule has 1 saturated carbocycles. The Morgan fingerprint density at radius 2 is 1.95 bits per heavy atom. The van der Waals surface area contributed by atoms with Gasteiger partial charge in [0.05, 0.1) is 0 Å². The van der Waals surface area contributed by atoms with Crippen LogP contribution in [0.3, 0.4) is 0 Å². The lowest BCUT2D eigenvalue weighted by atomic mass is 9.98. The number of rotatable bonds is 3. The molecule has 1 aliphatic heterocycles. The van der Waals surface area contributed by atoms with Crippen LogP contribution in [-0.4, -0.2) is 33.5 Å². The van der Waals surface area contributed by atoms with E-state index in [1.165, 1.54) is 9.47 Å². The first-order chi connectivity index (χ1) is 9.12. The summed E-state index contributed by atoms with van der Waals surface area (Å²) in [6.45, 7) is 0.612. The van der Waals surface area contributed by atoms with E-state index in [1.807, 2.05) is 0 Å². The summed E-state index contributed by atoms with van der Waals surface area (Å²) in [6.07, 6.45) is 5.09. The molecule has 19 heavy (non-hydrogen) atoms. The Balaban J connectivity index is 1.71. The summed E-state index contributed by atoms with van der Waals surface area (Å²) in [7, 11) is 0. The maximum atomic E-state index is 12.3. The third-order valence-corrected chi connectivity index (χ3v) is 4.61. The van der Waals surface area contributed by atoms with Crippen molar-refractivity contribution in [2.75, 3.05) is 6.54 Å². The summed E-state index contributed by atoms with van der Waals surface area (Å²) >= 11 is 1.11. The van der Waals surface area contributed by atoms with Crippen LogP contribution in [0.1, 0.15) is 25.7 Å². The van der Waals surface area contributed by atoms with E-state index in [1.54, 1.807) is 11.6 Å². The van der Waals surface area contributed by atoms with Crippen LogP contribution in [0.15, 0.2) is 16.4 Å². The fourth-order valence-electron chi connectivity index (χ4n) is 2.86. The molecule has 3 amide bonds. The van der Waals surface area contributed by atoms with Gasteiger partial charge in [-0.2, -0.15) is 0 Å². The average Bonchev–Trinajstić information content (AvgIpc) is 3.04. The molecule has 1 spiro atoms. The Morgan fingerprint density at radius 3 is 2.58 bits per heavy atom. The van der Waals surface area contributed by atoms with Crippen molar-refractivity contribution >= 4 is 23.3 Å². The first kappa shape index (κ1) is 12.4. The summed E-state index contributed by atoms with van der Waals surface area (Å²) in [5.74, 6) is -0.127. The van der Waals surface area contributed by atoms with Gasteiger partial charge in [0.1, 0.15) is 5.54 Å². The molecule has 6 nitrogen and oxygen atoms in total. The summed E-state index contributed by atoms with van der Waals surface area (Å²) in [6, 6.07) is -0.324. The molecule has 7 heteroatoms. The molecule has 0 aromatic carbocycles. The second-order valence-electron chi connectivity index (χ2n) is 5.04. The zero-order valence-electron chi connectivity index (χ0n) is 10.4. The molecular weight excluding hydrogens is 266 g/mol. The van der Waals surface area contributed by atoms with Crippen LogP contribution in [0, 0.1) is 0 Å². The van der Waals surface area contributed by atoms with Crippen molar-refractivity contribution in [1.29, 1.82) is 0 Å². The van der Waals surface area contributed by atoms with Crippen LogP contribution < -0.4 is 10.2 Å². The van der Waals surface area contributed by atoms with Gasteiger partial charge in [-0.25, -0.2) is 4.79 Å². The molecule has 3 rings (SSSR count). The Bertz CT molecular complexity index is 571. The van der Waals surface area contributed by atoms with Gasteiger partial charge < -0.3 is 9.88 Å². The van der Waals surface area contributed by atoms with Gasteiger partial charge in [0.25, 0.3) is 5.91 Å². The number of nitrogens with one attached hydrogen (secondary N) is 1. The molecular formula is C12H15N3O3S. The number of carbonyl (C=O) groups excluding carboxylic acids is 2. The van der Waals surface area contributed by atoms with Gasteiger partial charge in [0.2, 0.25) is 0 Å². The number of carbonyl (C=O) groups is 2. The molecule has 0 bridgehead atoms. The Hall–Kier alpha value is -1.63. The zero-order chi connectivity index (χ0) is 13.5. The van der Waals surface area contributed by atoms with Gasteiger partial charge in [-0.3, -0.25) is 14.5 Å². The van der Waals surface area contributed by atoms with Crippen LogP contribution in [-0.2, 0) is 11.3 Å². The molecule has 0 atom stereocenters. The molecule has 1 saturated heterocycles. The first-order valence-electron chi connectivity index (χ1n) is 6.40. The van der Waals surface area contributed by atoms with Gasteiger partial charge in [0, 0.05) is 24.7 Å². The van der Waals surface area contributed by atoms with Gasteiger partial charge in [0.15, 0.2) is 0 Å². The lowest BCUT2D eigenvalue weighted by molar-refractivity contribution is -0.131. The van der Waals surface area contributed by atoms with E-state index in [-0.39, 0.29) is 23.4 Å². The van der Waals surface area contributed by atoms with Crippen LogP contribution in [0.2, 0.25) is 0 Å². The van der Waals surface area contributed by atoms with E-state index >= 15 is 0 Å². The predicted molar refractivity (Wildman–Crippen MR) is 70.0 cm³/mol. The van der Waals surface area contributed by atoms with Crippen LogP contribution >= 0.6 is 11.3 Å². The smallest absolute Gasteiger partial charge is 0.323 e. The third-order valence-electron chi connectivity index (χ3n) is 3.91. The maximum Gasteiger partial charge on any atom is 0.325 e. The number of amides is 3. The third kappa shape index (κ3) is 1.98. The number of hydrogen-bond acceptors (Lipinski definition) is 4. The molecule has 1 aromatic heterocycles. The molecule has 0 unspecified atom stereocenters. The molecule has 2 aliphatic rings. The van der Waals surface area contributed by atoms with Crippen molar-refractivity contribution in [2.45, 2.75) is 37.8 Å². The Kier molecular flexibility index (Phi) is 2.93. The fraction of sp³-hybridized carbons (Fsp3) is 0.583. The molecule has 1 aliphatic carbocycles. The number of nitrogens with zero attached hydrogens (tertiary/aromatic N) is 2. The highest BCUT2D eigenvalue weighted by Gasteiger charge is 2.52. The number of hydrogen-bond donors (Lipinski definition) is 1. The normalized spacial score (nSPS) is 21.4. The average molecular weight is 281 g/mol. The Labute approximate surface area is 114 Å². The minimum absolute atomic E-state index is 0.0670. The van der Waals surface area contributed by atoms with Crippen molar-refractivity contribution in [3.8, 4) is 0 Å². The quantitative estimate of drug-likeness (QED) is 0.832. The van der Waals surface area contributed by atoms with E-state index in [4.69, 9.17) is 0 Å². The summed E-state index contributed by atoms with van der Waals surface area (Å²) in [5, 5.41) is 4.53. The summed E-state index contributed by atoms with van der Waals surface area (Å²) in [4.78, 5) is 36.8.